The Labute approximate surface area is 111 Å². The number of nitrogens with zero attached hydrogens (tertiary/aromatic N) is 2. The van der Waals surface area contributed by atoms with Crippen molar-refractivity contribution in [3.05, 3.63) is 11.9 Å². The number of hydrogen-bond acceptors (Lipinski definition) is 3. The lowest BCUT2D eigenvalue weighted by Gasteiger charge is -2.38. The van der Waals surface area contributed by atoms with Crippen molar-refractivity contribution in [2.45, 2.75) is 38.1 Å². The Kier molecular flexibility index (Phi) is 3.46. The van der Waals surface area contributed by atoms with Gasteiger partial charge in [-0.2, -0.15) is 5.10 Å². The SMILES string of the molecule is CCc1nn(C)cc1NC(=O)NC1(C(=O)O)CCC1. The summed E-state index contributed by atoms with van der Waals surface area (Å²) in [4.78, 5) is 23.0. The minimum Gasteiger partial charge on any atom is -0.480 e. The third-order valence-electron chi connectivity index (χ3n) is 3.46. The molecule has 7 heteroatoms. The van der Waals surface area contributed by atoms with Gasteiger partial charge < -0.3 is 15.7 Å². The second-order valence-corrected chi connectivity index (χ2v) is 4.84. The molecule has 0 saturated heterocycles. The minimum absolute atomic E-state index is 0.476. The van der Waals surface area contributed by atoms with Crippen molar-refractivity contribution in [1.82, 2.24) is 15.1 Å². The van der Waals surface area contributed by atoms with Gasteiger partial charge in [-0.3, -0.25) is 4.68 Å². The van der Waals surface area contributed by atoms with Crippen molar-refractivity contribution < 1.29 is 14.7 Å². The van der Waals surface area contributed by atoms with Crippen molar-refractivity contribution in [3.63, 3.8) is 0 Å². The molecule has 0 radical (unpaired) electrons. The van der Waals surface area contributed by atoms with Gasteiger partial charge in [-0.15, -0.1) is 0 Å². The summed E-state index contributed by atoms with van der Waals surface area (Å²) in [6.07, 6.45) is 4.17. The van der Waals surface area contributed by atoms with Crippen molar-refractivity contribution in [3.8, 4) is 0 Å². The topological polar surface area (TPSA) is 96.3 Å². The molecule has 0 unspecified atom stereocenters. The summed E-state index contributed by atoms with van der Waals surface area (Å²) in [5.74, 6) is -0.976. The average Bonchev–Trinajstić information content (AvgIpc) is 2.63. The van der Waals surface area contributed by atoms with Crippen LogP contribution in [-0.4, -0.2) is 32.4 Å². The van der Waals surface area contributed by atoms with Gasteiger partial charge in [0.1, 0.15) is 5.54 Å². The fourth-order valence-electron chi connectivity index (χ4n) is 2.19. The van der Waals surface area contributed by atoms with Crippen LogP contribution in [0.2, 0.25) is 0 Å². The number of amides is 2. The number of carbonyl (C=O) groups excluding carboxylic acids is 1. The first-order chi connectivity index (χ1) is 8.97. The molecule has 3 N–H and O–H groups in total. The van der Waals surface area contributed by atoms with Crippen molar-refractivity contribution in [1.29, 1.82) is 0 Å². The van der Waals surface area contributed by atoms with E-state index in [2.05, 4.69) is 15.7 Å². The number of hydrogen-bond donors (Lipinski definition) is 3. The predicted octanol–water partition coefficient (Wildman–Crippen LogP) is 1.11. The number of carboxylic acid groups (broad SMARTS) is 1. The summed E-state index contributed by atoms with van der Waals surface area (Å²) in [6.45, 7) is 1.94. The molecule has 1 aromatic rings. The summed E-state index contributed by atoms with van der Waals surface area (Å²) < 4.78 is 1.62. The summed E-state index contributed by atoms with van der Waals surface area (Å²) in [5.41, 5.74) is 0.288. The number of anilines is 1. The lowest BCUT2D eigenvalue weighted by molar-refractivity contribution is -0.148. The number of carbonyl (C=O) groups is 2. The summed E-state index contributed by atoms with van der Waals surface area (Å²) >= 11 is 0. The molecule has 19 heavy (non-hydrogen) atoms. The van der Waals surface area contributed by atoms with E-state index in [4.69, 9.17) is 5.11 Å². The number of aromatic nitrogens is 2. The van der Waals surface area contributed by atoms with E-state index in [0.717, 1.165) is 12.1 Å². The van der Waals surface area contributed by atoms with Gasteiger partial charge in [-0.05, 0) is 25.7 Å². The number of rotatable bonds is 4. The Morgan fingerprint density at radius 1 is 1.53 bits per heavy atom. The highest BCUT2D eigenvalue weighted by Gasteiger charge is 2.45. The maximum absolute atomic E-state index is 11.9. The number of aliphatic carboxylic acids is 1. The van der Waals surface area contributed by atoms with Gasteiger partial charge in [0, 0.05) is 13.2 Å². The van der Waals surface area contributed by atoms with Crippen molar-refractivity contribution in [2.75, 3.05) is 5.32 Å². The number of carboxylic acids is 1. The van der Waals surface area contributed by atoms with Crippen LogP contribution in [0.3, 0.4) is 0 Å². The average molecular weight is 266 g/mol. The predicted molar refractivity (Wildman–Crippen MR) is 69.0 cm³/mol. The normalized spacial score (nSPS) is 16.5. The molecular formula is C12H18N4O3. The van der Waals surface area contributed by atoms with E-state index in [9.17, 15) is 9.59 Å². The van der Waals surface area contributed by atoms with E-state index in [-0.39, 0.29) is 0 Å². The van der Waals surface area contributed by atoms with Gasteiger partial charge in [-0.1, -0.05) is 6.92 Å². The highest BCUT2D eigenvalue weighted by atomic mass is 16.4. The molecule has 1 fully saturated rings. The first kappa shape index (κ1) is 13.4. The van der Waals surface area contributed by atoms with E-state index in [0.29, 0.717) is 24.9 Å². The van der Waals surface area contributed by atoms with Crippen LogP contribution < -0.4 is 10.6 Å². The fourth-order valence-corrected chi connectivity index (χ4v) is 2.19. The maximum atomic E-state index is 11.9. The molecule has 1 heterocycles. The zero-order valence-corrected chi connectivity index (χ0v) is 11.1. The molecule has 0 bridgehead atoms. The van der Waals surface area contributed by atoms with Crippen LogP contribution in [0, 0.1) is 0 Å². The van der Waals surface area contributed by atoms with Crippen LogP contribution in [0.15, 0.2) is 6.20 Å². The van der Waals surface area contributed by atoms with Gasteiger partial charge in [0.25, 0.3) is 0 Å². The minimum atomic E-state index is -1.10. The molecule has 0 spiro atoms. The molecule has 1 aromatic heterocycles. The van der Waals surface area contributed by atoms with Crippen LogP contribution >= 0.6 is 0 Å². The fraction of sp³-hybridized carbons (Fsp3) is 0.583. The zero-order chi connectivity index (χ0) is 14.0. The largest absolute Gasteiger partial charge is 0.480 e. The van der Waals surface area contributed by atoms with E-state index < -0.39 is 17.5 Å². The highest BCUT2D eigenvalue weighted by molar-refractivity contribution is 5.94. The van der Waals surface area contributed by atoms with Crippen LogP contribution in [0.1, 0.15) is 31.9 Å². The van der Waals surface area contributed by atoms with Crippen LogP contribution in [0.4, 0.5) is 10.5 Å². The Morgan fingerprint density at radius 3 is 2.68 bits per heavy atom. The molecule has 1 aliphatic rings. The van der Waals surface area contributed by atoms with Crippen molar-refractivity contribution >= 4 is 17.7 Å². The molecule has 1 aliphatic carbocycles. The highest BCUT2D eigenvalue weighted by Crippen LogP contribution is 2.32. The zero-order valence-electron chi connectivity index (χ0n) is 11.1. The lowest BCUT2D eigenvalue weighted by atomic mass is 9.77. The Bertz CT molecular complexity index is 505. The quantitative estimate of drug-likeness (QED) is 0.760. The van der Waals surface area contributed by atoms with E-state index in [1.807, 2.05) is 6.92 Å². The molecule has 2 amide bonds. The Morgan fingerprint density at radius 2 is 2.21 bits per heavy atom. The molecule has 7 nitrogen and oxygen atoms in total. The second-order valence-electron chi connectivity index (χ2n) is 4.84. The molecule has 2 rings (SSSR count). The molecule has 1 saturated carbocycles. The molecule has 0 atom stereocenters. The monoisotopic (exact) mass is 266 g/mol. The first-order valence-corrected chi connectivity index (χ1v) is 6.32. The number of aryl methyl sites for hydroxylation is 2. The van der Waals surface area contributed by atoms with Gasteiger partial charge in [0.2, 0.25) is 0 Å². The van der Waals surface area contributed by atoms with Gasteiger partial charge in [-0.25, -0.2) is 9.59 Å². The molecular weight excluding hydrogens is 248 g/mol. The molecule has 0 aromatic carbocycles. The van der Waals surface area contributed by atoms with Crippen LogP contribution in [0.5, 0.6) is 0 Å². The lowest BCUT2D eigenvalue weighted by Crippen LogP contribution is -2.60. The van der Waals surface area contributed by atoms with Crippen LogP contribution in [-0.2, 0) is 18.3 Å². The maximum Gasteiger partial charge on any atom is 0.329 e. The summed E-state index contributed by atoms with van der Waals surface area (Å²) in [6, 6.07) is -0.496. The molecule has 104 valence electrons. The third-order valence-corrected chi connectivity index (χ3v) is 3.46. The number of urea groups is 1. The van der Waals surface area contributed by atoms with E-state index in [1.54, 1.807) is 17.9 Å². The Balaban J connectivity index is 2.03. The summed E-state index contributed by atoms with van der Waals surface area (Å²) in [5, 5.41) is 18.6. The van der Waals surface area contributed by atoms with Gasteiger partial charge >= 0.3 is 12.0 Å². The molecule has 0 aliphatic heterocycles. The van der Waals surface area contributed by atoms with Gasteiger partial charge in [0.05, 0.1) is 11.4 Å². The van der Waals surface area contributed by atoms with Gasteiger partial charge in [0.15, 0.2) is 0 Å². The first-order valence-electron chi connectivity index (χ1n) is 6.32. The smallest absolute Gasteiger partial charge is 0.329 e. The van der Waals surface area contributed by atoms with E-state index >= 15 is 0 Å². The number of nitrogens with one attached hydrogen (secondary N) is 2. The van der Waals surface area contributed by atoms with Crippen molar-refractivity contribution in [2.24, 2.45) is 7.05 Å². The third kappa shape index (κ3) is 2.54. The van der Waals surface area contributed by atoms with Crippen LogP contribution in [0.25, 0.3) is 0 Å². The Hall–Kier alpha value is -2.05. The van der Waals surface area contributed by atoms with E-state index in [1.165, 1.54) is 0 Å². The standard InChI is InChI=1S/C12H18N4O3/c1-3-8-9(7-16(2)15-8)13-11(19)14-12(10(17)18)5-4-6-12/h7H,3-6H2,1-2H3,(H,17,18)(H2,13,14,19). The second kappa shape index (κ2) is 4.91. The summed E-state index contributed by atoms with van der Waals surface area (Å²) in [7, 11) is 1.77.